The summed E-state index contributed by atoms with van der Waals surface area (Å²) >= 11 is 0. The Balaban J connectivity index is 2.63. The van der Waals surface area contributed by atoms with E-state index in [1.54, 1.807) is 0 Å². The minimum atomic E-state index is 0.711. The van der Waals surface area contributed by atoms with E-state index in [9.17, 15) is 0 Å². The van der Waals surface area contributed by atoms with Crippen LogP contribution in [-0.4, -0.2) is 0 Å². The maximum Gasteiger partial charge on any atom is -0.0190 e. The fourth-order valence-electron chi connectivity index (χ4n) is 2.05. The lowest BCUT2D eigenvalue weighted by molar-refractivity contribution is 0.644. The van der Waals surface area contributed by atoms with Crippen LogP contribution in [0.3, 0.4) is 0 Å². The van der Waals surface area contributed by atoms with Gasteiger partial charge in [0.15, 0.2) is 0 Å². The molecule has 1 aromatic carbocycles. The van der Waals surface area contributed by atoms with Gasteiger partial charge >= 0.3 is 0 Å². The quantitative estimate of drug-likeness (QED) is 0.647. The molecule has 0 heterocycles. The van der Waals surface area contributed by atoms with Crippen molar-refractivity contribution in [3.05, 3.63) is 35.4 Å². The summed E-state index contributed by atoms with van der Waals surface area (Å²) in [5, 5.41) is 0. The fourth-order valence-corrected chi connectivity index (χ4v) is 2.05. The SMILES string of the molecule is CCC[C@@H](C)c1ccc(CC(C)C)cc1. The van der Waals surface area contributed by atoms with Crippen molar-refractivity contribution in [3.63, 3.8) is 0 Å². The van der Waals surface area contributed by atoms with Crippen molar-refractivity contribution in [2.45, 2.75) is 52.9 Å². The molecule has 0 bridgehead atoms. The Labute approximate surface area is 94.7 Å². The molecule has 0 unspecified atom stereocenters. The normalized spacial score (nSPS) is 13.1. The molecule has 0 nitrogen and oxygen atoms in total. The van der Waals surface area contributed by atoms with Crippen LogP contribution < -0.4 is 0 Å². The first-order chi connectivity index (χ1) is 7.13. The Morgan fingerprint density at radius 2 is 1.60 bits per heavy atom. The van der Waals surface area contributed by atoms with Crippen LogP contribution >= 0.6 is 0 Å². The van der Waals surface area contributed by atoms with Crippen LogP contribution in [0.4, 0.5) is 0 Å². The van der Waals surface area contributed by atoms with Gasteiger partial charge in [-0.15, -0.1) is 0 Å². The van der Waals surface area contributed by atoms with E-state index < -0.39 is 0 Å². The van der Waals surface area contributed by atoms with E-state index in [1.165, 1.54) is 30.4 Å². The van der Waals surface area contributed by atoms with Gasteiger partial charge in [-0.1, -0.05) is 58.4 Å². The monoisotopic (exact) mass is 204 g/mol. The Kier molecular flexibility index (Phi) is 4.87. The molecule has 0 aliphatic carbocycles. The molecule has 0 heteroatoms. The molecule has 0 fully saturated rings. The summed E-state index contributed by atoms with van der Waals surface area (Å²) < 4.78 is 0. The van der Waals surface area contributed by atoms with Crippen molar-refractivity contribution < 1.29 is 0 Å². The predicted octanol–water partition coefficient (Wildman–Crippen LogP) is 4.79. The van der Waals surface area contributed by atoms with Crippen LogP contribution in [0, 0.1) is 5.92 Å². The molecule has 1 atom stereocenters. The molecule has 0 amide bonds. The molecule has 0 aliphatic rings. The second-order valence-electron chi connectivity index (χ2n) is 5.03. The van der Waals surface area contributed by atoms with Gasteiger partial charge in [0.1, 0.15) is 0 Å². The molecule has 0 radical (unpaired) electrons. The smallest absolute Gasteiger partial charge is 0.0190 e. The molecule has 0 spiro atoms. The second-order valence-corrected chi connectivity index (χ2v) is 5.03. The van der Waals surface area contributed by atoms with Crippen molar-refractivity contribution in [3.8, 4) is 0 Å². The standard InChI is InChI=1S/C15H24/c1-5-6-13(4)15-9-7-14(8-10-15)11-12(2)3/h7-10,12-13H,5-6,11H2,1-4H3/t13-/m1/s1. The largest absolute Gasteiger partial charge is 0.0654 e. The minimum Gasteiger partial charge on any atom is -0.0654 e. The highest BCUT2D eigenvalue weighted by Crippen LogP contribution is 2.21. The van der Waals surface area contributed by atoms with Gasteiger partial charge in [-0.05, 0) is 35.8 Å². The minimum absolute atomic E-state index is 0.711. The van der Waals surface area contributed by atoms with Crippen molar-refractivity contribution in [2.24, 2.45) is 5.92 Å². The highest BCUT2D eigenvalue weighted by atomic mass is 14.1. The lowest BCUT2D eigenvalue weighted by Crippen LogP contribution is -1.96. The molecule has 0 N–H and O–H groups in total. The third-order valence-electron chi connectivity index (χ3n) is 2.91. The summed E-state index contributed by atoms with van der Waals surface area (Å²) in [6, 6.07) is 9.19. The van der Waals surface area contributed by atoms with Gasteiger partial charge < -0.3 is 0 Å². The van der Waals surface area contributed by atoms with E-state index in [0.29, 0.717) is 5.92 Å². The summed E-state index contributed by atoms with van der Waals surface area (Å²) in [4.78, 5) is 0. The first-order valence-electron chi connectivity index (χ1n) is 6.22. The molecule has 1 rings (SSSR count). The number of hydrogen-bond donors (Lipinski definition) is 0. The summed E-state index contributed by atoms with van der Waals surface area (Å²) in [5.41, 5.74) is 2.96. The molecule has 0 aromatic heterocycles. The fraction of sp³-hybridized carbons (Fsp3) is 0.600. The number of benzene rings is 1. The zero-order valence-corrected chi connectivity index (χ0v) is 10.6. The van der Waals surface area contributed by atoms with Crippen molar-refractivity contribution in [2.75, 3.05) is 0 Å². The van der Waals surface area contributed by atoms with Crippen LogP contribution in [-0.2, 0) is 6.42 Å². The summed E-state index contributed by atoms with van der Waals surface area (Å²) in [7, 11) is 0. The molecule has 0 saturated carbocycles. The molecule has 0 saturated heterocycles. The first-order valence-corrected chi connectivity index (χ1v) is 6.22. The van der Waals surface area contributed by atoms with E-state index in [1.807, 2.05) is 0 Å². The highest BCUT2D eigenvalue weighted by molar-refractivity contribution is 5.25. The summed E-state index contributed by atoms with van der Waals surface area (Å²) in [6.45, 7) is 9.12. The zero-order chi connectivity index (χ0) is 11.3. The lowest BCUT2D eigenvalue weighted by atomic mass is 9.94. The van der Waals surface area contributed by atoms with Gasteiger partial charge in [-0.25, -0.2) is 0 Å². The molecule has 84 valence electrons. The molecule has 0 aliphatic heterocycles. The average Bonchev–Trinajstić information content (AvgIpc) is 2.18. The number of hydrogen-bond acceptors (Lipinski definition) is 0. The maximum atomic E-state index is 2.32. The summed E-state index contributed by atoms with van der Waals surface area (Å²) in [5.74, 6) is 1.46. The first kappa shape index (κ1) is 12.3. The van der Waals surface area contributed by atoms with Crippen LogP contribution in [0.5, 0.6) is 0 Å². The van der Waals surface area contributed by atoms with Gasteiger partial charge in [0, 0.05) is 0 Å². The topological polar surface area (TPSA) is 0 Å². The van der Waals surface area contributed by atoms with Gasteiger partial charge in [0.05, 0.1) is 0 Å². The maximum absolute atomic E-state index is 2.32. The Morgan fingerprint density at radius 3 is 2.07 bits per heavy atom. The van der Waals surface area contributed by atoms with E-state index in [-0.39, 0.29) is 0 Å². The third-order valence-corrected chi connectivity index (χ3v) is 2.91. The third kappa shape index (κ3) is 4.07. The highest BCUT2D eigenvalue weighted by Gasteiger charge is 2.04. The molecular weight excluding hydrogens is 180 g/mol. The van der Waals surface area contributed by atoms with Crippen molar-refractivity contribution in [1.29, 1.82) is 0 Å². The van der Waals surface area contributed by atoms with Crippen LogP contribution in [0.25, 0.3) is 0 Å². The van der Waals surface area contributed by atoms with Gasteiger partial charge in [0.2, 0.25) is 0 Å². The van der Waals surface area contributed by atoms with Gasteiger partial charge in [-0.3, -0.25) is 0 Å². The number of rotatable bonds is 5. The van der Waals surface area contributed by atoms with E-state index in [4.69, 9.17) is 0 Å². The van der Waals surface area contributed by atoms with E-state index in [2.05, 4.69) is 52.0 Å². The van der Waals surface area contributed by atoms with Crippen molar-refractivity contribution in [1.82, 2.24) is 0 Å². The molecule has 15 heavy (non-hydrogen) atoms. The average molecular weight is 204 g/mol. The van der Waals surface area contributed by atoms with E-state index >= 15 is 0 Å². The van der Waals surface area contributed by atoms with E-state index in [0.717, 1.165) is 5.92 Å². The Hall–Kier alpha value is -0.780. The Morgan fingerprint density at radius 1 is 1.00 bits per heavy atom. The zero-order valence-electron chi connectivity index (χ0n) is 10.6. The molecular formula is C15H24. The summed E-state index contributed by atoms with van der Waals surface area (Å²) in [6.07, 6.45) is 3.76. The second kappa shape index (κ2) is 5.95. The predicted molar refractivity (Wildman–Crippen MR) is 68.3 cm³/mol. The molecule has 1 aromatic rings. The van der Waals surface area contributed by atoms with Crippen LogP contribution in [0.2, 0.25) is 0 Å². The van der Waals surface area contributed by atoms with Crippen molar-refractivity contribution >= 4 is 0 Å². The lowest BCUT2D eigenvalue weighted by Gasteiger charge is -2.11. The van der Waals surface area contributed by atoms with Gasteiger partial charge in [0.25, 0.3) is 0 Å². The van der Waals surface area contributed by atoms with Gasteiger partial charge in [-0.2, -0.15) is 0 Å². The van der Waals surface area contributed by atoms with Crippen LogP contribution in [0.15, 0.2) is 24.3 Å². The van der Waals surface area contributed by atoms with Crippen LogP contribution in [0.1, 0.15) is 57.6 Å². The Bertz CT molecular complexity index is 269.